The van der Waals surface area contributed by atoms with Crippen molar-refractivity contribution in [3.8, 4) is 0 Å². The Labute approximate surface area is 89.8 Å². The van der Waals surface area contributed by atoms with Crippen LogP contribution in [0.1, 0.15) is 19.8 Å². The summed E-state index contributed by atoms with van der Waals surface area (Å²) >= 11 is 0. The van der Waals surface area contributed by atoms with E-state index in [1.165, 1.54) is 0 Å². The molecule has 1 heterocycles. The lowest BCUT2D eigenvalue weighted by Gasteiger charge is -2.17. The molecule has 1 amide bonds. The fraction of sp³-hybridized carbons (Fsp3) is 0.800. The molecule has 0 saturated carbocycles. The Hall–Kier alpha value is -1.10. The number of rotatable bonds is 4. The van der Waals surface area contributed by atoms with Crippen molar-refractivity contribution >= 4 is 11.9 Å². The highest BCUT2D eigenvalue weighted by Crippen LogP contribution is 1.98. The molecule has 1 rings (SSSR count). The van der Waals surface area contributed by atoms with Gasteiger partial charge in [0.15, 0.2) is 0 Å². The standard InChI is InChI=1S/C10H18N2O3/c1-2-15-10(14)4-7-12-6-3-5-11-9(13)8-12/h2-8H2,1H3,(H,11,13). The first-order chi connectivity index (χ1) is 7.22. The van der Waals surface area contributed by atoms with Gasteiger partial charge < -0.3 is 10.1 Å². The first-order valence-corrected chi connectivity index (χ1v) is 5.37. The molecular formula is C10H18N2O3. The van der Waals surface area contributed by atoms with Crippen LogP contribution in [0.25, 0.3) is 0 Å². The van der Waals surface area contributed by atoms with E-state index in [1.54, 1.807) is 6.92 Å². The van der Waals surface area contributed by atoms with Crippen molar-refractivity contribution in [2.75, 3.05) is 32.8 Å². The molecule has 0 aromatic rings. The van der Waals surface area contributed by atoms with Crippen LogP contribution >= 0.6 is 0 Å². The average molecular weight is 214 g/mol. The highest BCUT2D eigenvalue weighted by molar-refractivity contribution is 5.78. The van der Waals surface area contributed by atoms with Gasteiger partial charge in [0.05, 0.1) is 19.6 Å². The lowest BCUT2D eigenvalue weighted by atomic mass is 10.3. The Kier molecular flexibility index (Phi) is 5.10. The van der Waals surface area contributed by atoms with Crippen LogP contribution in [0, 0.1) is 0 Å². The minimum absolute atomic E-state index is 0.0383. The fourth-order valence-corrected chi connectivity index (χ4v) is 1.54. The quantitative estimate of drug-likeness (QED) is 0.656. The Balaban J connectivity index is 2.24. The van der Waals surface area contributed by atoms with Crippen molar-refractivity contribution in [1.29, 1.82) is 0 Å². The summed E-state index contributed by atoms with van der Waals surface area (Å²) in [5.41, 5.74) is 0. The highest BCUT2D eigenvalue weighted by atomic mass is 16.5. The molecule has 0 aliphatic carbocycles. The molecule has 5 nitrogen and oxygen atoms in total. The van der Waals surface area contributed by atoms with Gasteiger partial charge in [-0.1, -0.05) is 0 Å². The second kappa shape index (κ2) is 6.40. The minimum atomic E-state index is -0.192. The molecule has 1 aliphatic heterocycles. The third-order valence-corrected chi connectivity index (χ3v) is 2.28. The number of carbonyl (C=O) groups excluding carboxylic acids is 2. The maximum absolute atomic E-state index is 11.2. The molecule has 15 heavy (non-hydrogen) atoms. The summed E-state index contributed by atoms with van der Waals surface area (Å²) in [6, 6.07) is 0. The van der Waals surface area contributed by atoms with Crippen LogP contribution in [0.3, 0.4) is 0 Å². The average Bonchev–Trinajstić information content (AvgIpc) is 2.40. The molecule has 0 spiro atoms. The molecule has 1 saturated heterocycles. The number of esters is 1. The van der Waals surface area contributed by atoms with Crippen molar-refractivity contribution in [2.24, 2.45) is 0 Å². The van der Waals surface area contributed by atoms with Crippen molar-refractivity contribution in [3.63, 3.8) is 0 Å². The predicted octanol–water partition coefficient (Wildman–Crippen LogP) is -0.238. The zero-order valence-corrected chi connectivity index (χ0v) is 9.12. The maximum Gasteiger partial charge on any atom is 0.307 e. The lowest BCUT2D eigenvalue weighted by Crippen LogP contribution is -2.34. The van der Waals surface area contributed by atoms with E-state index in [2.05, 4.69) is 5.32 Å². The van der Waals surface area contributed by atoms with Crippen molar-refractivity contribution < 1.29 is 14.3 Å². The third-order valence-electron chi connectivity index (χ3n) is 2.28. The van der Waals surface area contributed by atoms with Gasteiger partial charge >= 0.3 is 5.97 Å². The Morgan fingerprint density at radius 3 is 3.13 bits per heavy atom. The second-order valence-electron chi connectivity index (χ2n) is 3.53. The van der Waals surface area contributed by atoms with Gasteiger partial charge in [0.25, 0.3) is 0 Å². The zero-order chi connectivity index (χ0) is 11.1. The van der Waals surface area contributed by atoms with E-state index in [4.69, 9.17) is 4.74 Å². The van der Waals surface area contributed by atoms with Crippen molar-refractivity contribution in [3.05, 3.63) is 0 Å². The van der Waals surface area contributed by atoms with Gasteiger partial charge in [0, 0.05) is 19.6 Å². The minimum Gasteiger partial charge on any atom is -0.466 e. The Bertz CT molecular complexity index is 231. The van der Waals surface area contributed by atoms with Gasteiger partial charge in [0.1, 0.15) is 0 Å². The summed E-state index contributed by atoms with van der Waals surface area (Å²) < 4.78 is 4.82. The fourth-order valence-electron chi connectivity index (χ4n) is 1.54. The number of nitrogens with zero attached hydrogens (tertiary/aromatic N) is 1. The number of amides is 1. The van der Waals surface area contributed by atoms with Gasteiger partial charge in [0.2, 0.25) is 5.91 Å². The van der Waals surface area contributed by atoms with E-state index in [1.807, 2.05) is 4.90 Å². The SMILES string of the molecule is CCOC(=O)CCN1CCCNC(=O)C1. The van der Waals surface area contributed by atoms with E-state index in [-0.39, 0.29) is 11.9 Å². The number of hydrogen-bond acceptors (Lipinski definition) is 4. The van der Waals surface area contributed by atoms with Crippen LogP contribution in [-0.4, -0.2) is 49.6 Å². The maximum atomic E-state index is 11.2. The van der Waals surface area contributed by atoms with Crippen molar-refractivity contribution in [2.45, 2.75) is 19.8 Å². The van der Waals surface area contributed by atoms with Gasteiger partial charge in [-0.25, -0.2) is 0 Å². The van der Waals surface area contributed by atoms with Crippen LogP contribution < -0.4 is 5.32 Å². The summed E-state index contributed by atoms with van der Waals surface area (Å²) in [5.74, 6) is -0.154. The summed E-state index contributed by atoms with van der Waals surface area (Å²) in [7, 11) is 0. The molecule has 1 aliphatic rings. The number of ether oxygens (including phenoxy) is 1. The molecule has 1 N–H and O–H groups in total. The molecule has 0 radical (unpaired) electrons. The normalized spacial score (nSPS) is 18.1. The molecule has 0 aromatic carbocycles. The van der Waals surface area contributed by atoms with E-state index in [0.717, 1.165) is 19.5 Å². The number of carbonyl (C=O) groups is 2. The molecule has 86 valence electrons. The van der Waals surface area contributed by atoms with E-state index in [0.29, 0.717) is 26.1 Å². The first kappa shape index (κ1) is 12.0. The summed E-state index contributed by atoms with van der Waals surface area (Å²) in [4.78, 5) is 24.3. The van der Waals surface area contributed by atoms with Crippen LogP contribution in [0.15, 0.2) is 0 Å². The third kappa shape index (κ3) is 4.78. The van der Waals surface area contributed by atoms with Crippen LogP contribution in [0.2, 0.25) is 0 Å². The predicted molar refractivity (Wildman–Crippen MR) is 55.3 cm³/mol. The first-order valence-electron chi connectivity index (χ1n) is 5.37. The highest BCUT2D eigenvalue weighted by Gasteiger charge is 2.15. The molecule has 0 aromatic heterocycles. The molecule has 0 bridgehead atoms. The Morgan fingerprint density at radius 1 is 1.60 bits per heavy atom. The van der Waals surface area contributed by atoms with Gasteiger partial charge in [-0.05, 0) is 13.3 Å². The smallest absolute Gasteiger partial charge is 0.307 e. The van der Waals surface area contributed by atoms with Crippen LogP contribution in [0.4, 0.5) is 0 Å². The monoisotopic (exact) mass is 214 g/mol. The number of nitrogens with one attached hydrogen (secondary N) is 1. The molecule has 1 fully saturated rings. The van der Waals surface area contributed by atoms with Gasteiger partial charge in [-0.2, -0.15) is 0 Å². The Morgan fingerprint density at radius 2 is 2.40 bits per heavy atom. The molecule has 0 unspecified atom stereocenters. The van der Waals surface area contributed by atoms with E-state index >= 15 is 0 Å². The molecule has 0 atom stereocenters. The second-order valence-corrected chi connectivity index (χ2v) is 3.53. The zero-order valence-electron chi connectivity index (χ0n) is 9.12. The molecule has 5 heteroatoms. The van der Waals surface area contributed by atoms with Crippen LogP contribution in [0.5, 0.6) is 0 Å². The largest absolute Gasteiger partial charge is 0.466 e. The van der Waals surface area contributed by atoms with Gasteiger partial charge in [-0.3, -0.25) is 14.5 Å². The van der Waals surface area contributed by atoms with Crippen molar-refractivity contribution in [1.82, 2.24) is 10.2 Å². The van der Waals surface area contributed by atoms with Crippen LogP contribution in [-0.2, 0) is 14.3 Å². The van der Waals surface area contributed by atoms with Gasteiger partial charge in [-0.15, -0.1) is 0 Å². The summed E-state index contributed by atoms with van der Waals surface area (Å²) in [6.07, 6.45) is 1.30. The summed E-state index contributed by atoms with van der Waals surface area (Å²) in [6.45, 7) is 4.79. The van der Waals surface area contributed by atoms with E-state index < -0.39 is 0 Å². The lowest BCUT2D eigenvalue weighted by molar-refractivity contribution is -0.143. The number of hydrogen-bond donors (Lipinski definition) is 1. The molecular weight excluding hydrogens is 196 g/mol. The summed E-state index contributed by atoms with van der Waals surface area (Å²) in [5, 5.41) is 2.79. The topological polar surface area (TPSA) is 58.6 Å². The van der Waals surface area contributed by atoms with E-state index in [9.17, 15) is 9.59 Å².